The lowest BCUT2D eigenvalue weighted by molar-refractivity contribution is 0.261. The molecular weight excluding hydrogens is 286 g/mol. The molecule has 9 nitrogen and oxygen atoms in total. The van der Waals surface area contributed by atoms with Crippen molar-refractivity contribution in [3.63, 3.8) is 0 Å². The Morgan fingerprint density at radius 1 is 1.36 bits per heavy atom. The molecule has 5 N–H and O–H groups in total. The summed E-state index contributed by atoms with van der Waals surface area (Å²) in [4.78, 5) is 8.45. The number of nitrogens with one attached hydrogen (secondary N) is 1. The Morgan fingerprint density at radius 3 is 2.86 bits per heavy atom. The van der Waals surface area contributed by atoms with Gasteiger partial charge in [0, 0.05) is 18.0 Å². The number of nitrogen functional groups attached to an aromatic ring is 1. The van der Waals surface area contributed by atoms with Crippen LogP contribution in [-0.2, 0) is 0 Å². The first-order valence-corrected chi connectivity index (χ1v) is 7.17. The van der Waals surface area contributed by atoms with Crippen LogP contribution in [0.15, 0.2) is 10.7 Å². The lowest BCUT2D eigenvalue weighted by atomic mass is 9.78. The molecule has 2 aromatic heterocycles. The normalized spacial score (nSPS) is 20.5. The van der Waals surface area contributed by atoms with Gasteiger partial charge in [-0.3, -0.25) is 0 Å². The molecule has 2 aromatic rings. The van der Waals surface area contributed by atoms with E-state index in [0.29, 0.717) is 36.5 Å². The summed E-state index contributed by atoms with van der Waals surface area (Å²) in [5.41, 5.74) is 13.1. The highest BCUT2D eigenvalue weighted by Crippen LogP contribution is 2.35. The zero-order valence-corrected chi connectivity index (χ0v) is 12.3. The van der Waals surface area contributed by atoms with E-state index in [4.69, 9.17) is 16.2 Å². The molecule has 0 atom stereocenters. The Labute approximate surface area is 127 Å². The molecule has 3 rings (SSSR count). The number of anilines is 2. The number of rotatable bonds is 6. The van der Waals surface area contributed by atoms with Crippen molar-refractivity contribution in [1.29, 1.82) is 0 Å². The van der Waals surface area contributed by atoms with Crippen LogP contribution in [0.3, 0.4) is 0 Å². The Kier molecular flexibility index (Phi) is 4.05. The second kappa shape index (κ2) is 6.14. The third-order valence-electron chi connectivity index (χ3n) is 3.61. The van der Waals surface area contributed by atoms with E-state index in [1.807, 2.05) is 6.07 Å². The second-order valence-corrected chi connectivity index (χ2v) is 5.39. The first-order valence-electron chi connectivity index (χ1n) is 7.17. The van der Waals surface area contributed by atoms with Crippen LogP contribution < -0.4 is 21.5 Å². The third-order valence-corrected chi connectivity index (χ3v) is 3.61. The Bertz CT molecular complexity index is 639. The van der Waals surface area contributed by atoms with E-state index in [0.717, 1.165) is 18.5 Å². The van der Waals surface area contributed by atoms with E-state index in [1.54, 1.807) is 6.92 Å². The van der Waals surface area contributed by atoms with Gasteiger partial charge in [-0.25, -0.2) is 9.61 Å². The van der Waals surface area contributed by atoms with Crippen molar-refractivity contribution in [3.8, 4) is 5.88 Å². The minimum absolute atomic E-state index is 0.262. The van der Waals surface area contributed by atoms with E-state index in [2.05, 4.69) is 30.2 Å². The zero-order chi connectivity index (χ0) is 15.5. The topological polar surface area (TPSA) is 138 Å². The van der Waals surface area contributed by atoms with Gasteiger partial charge in [0.2, 0.25) is 5.95 Å². The Morgan fingerprint density at radius 2 is 2.18 bits per heavy atom. The van der Waals surface area contributed by atoms with Crippen molar-refractivity contribution in [2.75, 3.05) is 24.2 Å². The summed E-state index contributed by atoms with van der Waals surface area (Å²) in [6.07, 6.45) is 1.88. The van der Waals surface area contributed by atoms with Crippen LogP contribution in [0.5, 0.6) is 5.88 Å². The summed E-state index contributed by atoms with van der Waals surface area (Å²) in [7, 11) is 0. The van der Waals surface area contributed by atoms with Crippen molar-refractivity contribution in [2.24, 2.45) is 5.73 Å². The summed E-state index contributed by atoms with van der Waals surface area (Å²) in [5.74, 6) is 1.72. The van der Waals surface area contributed by atoms with Crippen molar-refractivity contribution >= 4 is 11.8 Å². The standard InChI is InChI=1S/C13H19N7O2/c1-7-12(20-22-19-7)21-3-2-16-11-6-10(17-13(15)18-11)8-4-9(14)5-8/h6,8-9H,2-5,14H2,1H3,(H3,15,16,17,18). The Hall–Kier alpha value is -2.42. The molecule has 2 heterocycles. The smallest absolute Gasteiger partial charge is 0.278 e. The van der Waals surface area contributed by atoms with Crippen LogP contribution in [0.25, 0.3) is 0 Å². The summed E-state index contributed by atoms with van der Waals surface area (Å²) >= 11 is 0. The summed E-state index contributed by atoms with van der Waals surface area (Å²) in [5, 5.41) is 10.4. The average molecular weight is 305 g/mol. The van der Waals surface area contributed by atoms with Gasteiger partial charge < -0.3 is 21.5 Å². The number of aromatic nitrogens is 4. The maximum absolute atomic E-state index is 5.81. The highest BCUT2D eigenvalue weighted by atomic mass is 16.6. The molecular formula is C13H19N7O2. The minimum Gasteiger partial charge on any atom is -0.472 e. The number of ether oxygens (including phenoxy) is 1. The fourth-order valence-corrected chi connectivity index (χ4v) is 2.37. The maximum Gasteiger partial charge on any atom is 0.278 e. The zero-order valence-electron chi connectivity index (χ0n) is 12.3. The highest BCUT2D eigenvalue weighted by molar-refractivity contribution is 5.42. The fourth-order valence-electron chi connectivity index (χ4n) is 2.37. The lowest BCUT2D eigenvalue weighted by Gasteiger charge is -2.32. The van der Waals surface area contributed by atoms with Gasteiger partial charge in [0.1, 0.15) is 18.1 Å². The summed E-state index contributed by atoms with van der Waals surface area (Å²) in [6, 6.07) is 2.18. The van der Waals surface area contributed by atoms with Crippen LogP contribution in [0.1, 0.15) is 30.1 Å². The molecule has 22 heavy (non-hydrogen) atoms. The van der Waals surface area contributed by atoms with Gasteiger partial charge in [-0.2, -0.15) is 4.98 Å². The van der Waals surface area contributed by atoms with Crippen molar-refractivity contribution in [1.82, 2.24) is 20.3 Å². The monoisotopic (exact) mass is 305 g/mol. The van der Waals surface area contributed by atoms with E-state index >= 15 is 0 Å². The molecule has 1 saturated carbocycles. The first-order chi connectivity index (χ1) is 10.6. The molecule has 118 valence electrons. The highest BCUT2D eigenvalue weighted by Gasteiger charge is 2.29. The second-order valence-electron chi connectivity index (χ2n) is 5.39. The van der Waals surface area contributed by atoms with Crippen molar-refractivity contribution < 1.29 is 9.37 Å². The predicted molar refractivity (Wildman–Crippen MR) is 79.4 cm³/mol. The number of hydrogen-bond acceptors (Lipinski definition) is 9. The number of nitrogens with two attached hydrogens (primary N) is 2. The van der Waals surface area contributed by atoms with Crippen LogP contribution in [-0.4, -0.2) is 39.5 Å². The average Bonchev–Trinajstić information content (AvgIpc) is 2.85. The molecule has 9 heteroatoms. The fraction of sp³-hybridized carbons (Fsp3) is 0.538. The molecule has 1 aliphatic rings. The van der Waals surface area contributed by atoms with E-state index in [9.17, 15) is 0 Å². The number of hydrogen-bond donors (Lipinski definition) is 3. The van der Waals surface area contributed by atoms with Gasteiger partial charge in [-0.05, 0) is 24.9 Å². The SMILES string of the molecule is Cc1nonc1OCCNc1cc(C2CC(N)C2)nc(N)n1. The molecule has 0 aromatic carbocycles. The molecule has 1 aliphatic carbocycles. The molecule has 0 radical (unpaired) electrons. The lowest BCUT2D eigenvalue weighted by Crippen LogP contribution is -2.35. The largest absolute Gasteiger partial charge is 0.472 e. The predicted octanol–water partition coefficient (Wildman–Crippen LogP) is 0.446. The molecule has 0 aliphatic heterocycles. The van der Waals surface area contributed by atoms with E-state index in [1.165, 1.54) is 0 Å². The number of aryl methyl sites for hydroxylation is 1. The molecule has 0 unspecified atom stereocenters. The summed E-state index contributed by atoms with van der Waals surface area (Å²) < 4.78 is 9.98. The van der Waals surface area contributed by atoms with Crippen LogP contribution >= 0.6 is 0 Å². The van der Waals surface area contributed by atoms with E-state index in [-0.39, 0.29) is 12.0 Å². The first kappa shape index (κ1) is 14.5. The third kappa shape index (κ3) is 3.25. The van der Waals surface area contributed by atoms with Gasteiger partial charge in [-0.1, -0.05) is 5.16 Å². The van der Waals surface area contributed by atoms with E-state index < -0.39 is 0 Å². The van der Waals surface area contributed by atoms with Crippen LogP contribution in [0.4, 0.5) is 11.8 Å². The quantitative estimate of drug-likeness (QED) is 0.649. The maximum atomic E-state index is 5.81. The van der Waals surface area contributed by atoms with Crippen molar-refractivity contribution in [3.05, 3.63) is 17.5 Å². The molecule has 0 spiro atoms. The van der Waals surface area contributed by atoms with Gasteiger partial charge in [0.05, 0.1) is 12.2 Å². The van der Waals surface area contributed by atoms with Crippen LogP contribution in [0.2, 0.25) is 0 Å². The molecule has 0 bridgehead atoms. The molecule has 0 saturated heterocycles. The molecule has 1 fully saturated rings. The molecule has 0 amide bonds. The van der Waals surface area contributed by atoms with Crippen molar-refractivity contribution in [2.45, 2.75) is 31.7 Å². The van der Waals surface area contributed by atoms with Gasteiger partial charge >= 0.3 is 0 Å². The van der Waals surface area contributed by atoms with Gasteiger partial charge in [0.15, 0.2) is 0 Å². The summed E-state index contributed by atoms with van der Waals surface area (Å²) in [6.45, 7) is 2.72. The Balaban J connectivity index is 1.52. The van der Waals surface area contributed by atoms with Gasteiger partial charge in [-0.15, -0.1) is 0 Å². The number of nitrogens with zero attached hydrogens (tertiary/aromatic N) is 4. The minimum atomic E-state index is 0.262. The van der Waals surface area contributed by atoms with Crippen LogP contribution in [0, 0.1) is 6.92 Å². The van der Waals surface area contributed by atoms with Gasteiger partial charge in [0.25, 0.3) is 5.88 Å².